The van der Waals surface area contributed by atoms with E-state index in [1.54, 1.807) is 0 Å². The molecule has 2 aliphatic rings. The molecule has 4 nitrogen and oxygen atoms in total. The minimum absolute atomic E-state index is 0.0912. The van der Waals surface area contributed by atoms with Crippen LogP contribution in [0.5, 0.6) is 0 Å². The molecule has 1 aliphatic carbocycles. The Hall–Kier alpha value is -0.900. The molecule has 4 heteroatoms. The normalized spacial score (nSPS) is 29.8. The summed E-state index contributed by atoms with van der Waals surface area (Å²) in [6.45, 7) is 3.38. The topological polar surface area (TPSA) is 42.7 Å². The Morgan fingerprint density at radius 2 is 2.17 bits per heavy atom. The molecule has 2 fully saturated rings. The smallest absolute Gasteiger partial charge is 0.153 e. The van der Waals surface area contributed by atoms with Gasteiger partial charge in [-0.3, -0.25) is 0 Å². The number of hydrogen-bond acceptors (Lipinski definition) is 3. The second-order valence-electron chi connectivity index (χ2n) is 5.82. The molecule has 1 saturated carbocycles. The fourth-order valence-electron chi connectivity index (χ4n) is 3.67. The van der Waals surface area contributed by atoms with Gasteiger partial charge in [-0.15, -0.1) is 10.2 Å². The quantitative estimate of drug-likeness (QED) is 0.894. The highest BCUT2D eigenvalue weighted by Gasteiger charge is 2.38. The zero-order chi connectivity index (χ0) is 12.4. The van der Waals surface area contributed by atoms with E-state index in [-0.39, 0.29) is 5.54 Å². The molecule has 100 valence electrons. The number of rotatable bonds is 3. The summed E-state index contributed by atoms with van der Waals surface area (Å²) in [6.07, 6.45) is 12.2. The molecular weight excluding hydrogens is 224 g/mol. The van der Waals surface area contributed by atoms with E-state index in [0.29, 0.717) is 6.04 Å². The zero-order valence-corrected chi connectivity index (χ0v) is 11.4. The fourth-order valence-corrected chi connectivity index (χ4v) is 3.67. The lowest BCUT2D eigenvalue weighted by molar-refractivity contribution is 0.290. The molecule has 1 saturated heterocycles. The first-order chi connectivity index (χ1) is 8.86. The molecule has 1 aliphatic heterocycles. The molecular formula is C14H24N4. The van der Waals surface area contributed by atoms with Crippen molar-refractivity contribution in [3.05, 3.63) is 12.2 Å². The molecule has 0 bridgehead atoms. The molecule has 1 unspecified atom stereocenters. The van der Waals surface area contributed by atoms with Crippen LogP contribution in [0, 0.1) is 0 Å². The van der Waals surface area contributed by atoms with E-state index >= 15 is 0 Å². The van der Waals surface area contributed by atoms with Crippen molar-refractivity contribution in [1.29, 1.82) is 0 Å². The van der Waals surface area contributed by atoms with Crippen LogP contribution >= 0.6 is 0 Å². The van der Waals surface area contributed by atoms with Crippen molar-refractivity contribution in [2.24, 2.45) is 0 Å². The number of hydrogen-bond donors (Lipinski definition) is 1. The summed E-state index contributed by atoms with van der Waals surface area (Å²) in [6, 6.07) is 0.634. The van der Waals surface area contributed by atoms with E-state index in [0.717, 1.165) is 13.0 Å². The van der Waals surface area contributed by atoms with Gasteiger partial charge in [-0.2, -0.15) is 0 Å². The molecule has 1 atom stereocenters. The maximum absolute atomic E-state index is 4.47. The third kappa shape index (κ3) is 1.96. The largest absolute Gasteiger partial charge is 0.313 e. The maximum atomic E-state index is 4.47. The summed E-state index contributed by atoms with van der Waals surface area (Å²) in [5.74, 6) is 1.19. The molecule has 1 aromatic heterocycles. The van der Waals surface area contributed by atoms with Crippen molar-refractivity contribution in [3.8, 4) is 0 Å². The zero-order valence-electron chi connectivity index (χ0n) is 11.4. The molecule has 1 N–H and O–H groups in total. The molecule has 1 aromatic rings. The highest BCUT2D eigenvalue weighted by atomic mass is 15.3. The average Bonchev–Trinajstić information content (AvgIpc) is 3.09. The Balaban J connectivity index is 1.90. The van der Waals surface area contributed by atoms with Gasteiger partial charge in [-0.25, -0.2) is 0 Å². The second kappa shape index (κ2) is 5.00. The molecule has 0 amide bonds. The van der Waals surface area contributed by atoms with Crippen molar-refractivity contribution >= 4 is 0 Å². The molecule has 0 radical (unpaired) electrons. The minimum Gasteiger partial charge on any atom is -0.313 e. The van der Waals surface area contributed by atoms with Gasteiger partial charge in [0.2, 0.25) is 0 Å². The van der Waals surface area contributed by atoms with Crippen molar-refractivity contribution in [3.63, 3.8) is 0 Å². The lowest BCUT2D eigenvalue weighted by atomic mass is 9.91. The number of nitrogens with zero attached hydrogens (tertiary/aromatic N) is 3. The van der Waals surface area contributed by atoms with Crippen molar-refractivity contribution in [2.75, 3.05) is 6.54 Å². The molecule has 18 heavy (non-hydrogen) atoms. The Bertz CT molecular complexity index is 386. The fraction of sp³-hybridized carbons (Fsp3) is 0.857. The Kier molecular flexibility index (Phi) is 3.37. The van der Waals surface area contributed by atoms with E-state index < -0.39 is 0 Å². The summed E-state index contributed by atoms with van der Waals surface area (Å²) in [4.78, 5) is 0. The van der Waals surface area contributed by atoms with Crippen LogP contribution in [-0.4, -0.2) is 21.3 Å². The molecule has 2 heterocycles. The van der Waals surface area contributed by atoms with Crippen LogP contribution in [0.1, 0.15) is 70.2 Å². The molecule has 3 rings (SSSR count). The second-order valence-corrected chi connectivity index (χ2v) is 5.82. The summed E-state index contributed by atoms with van der Waals surface area (Å²) in [5, 5.41) is 12.4. The summed E-state index contributed by atoms with van der Waals surface area (Å²) >= 11 is 0. The van der Waals surface area contributed by atoms with Gasteiger partial charge in [0.15, 0.2) is 5.82 Å². The Labute approximate surface area is 109 Å². The standard InChI is InChI=1S/C14H24N4/c1-2-14(9-6-10-15-14)13-17-16-11-18(13)12-7-4-3-5-8-12/h11-12,15H,2-10H2,1H3. The summed E-state index contributed by atoms with van der Waals surface area (Å²) in [5.41, 5.74) is 0.0912. The first-order valence-corrected chi connectivity index (χ1v) is 7.51. The Morgan fingerprint density at radius 3 is 2.83 bits per heavy atom. The van der Waals surface area contributed by atoms with Crippen LogP contribution in [0.15, 0.2) is 6.33 Å². The van der Waals surface area contributed by atoms with Gasteiger partial charge in [-0.1, -0.05) is 26.2 Å². The number of nitrogens with one attached hydrogen (secondary N) is 1. The lowest BCUT2D eigenvalue weighted by Crippen LogP contribution is -2.39. The van der Waals surface area contributed by atoms with Crippen LogP contribution in [0.3, 0.4) is 0 Å². The van der Waals surface area contributed by atoms with Crippen LogP contribution in [0.25, 0.3) is 0 Å². The maximum Gasteiger partial charge on any atom is 0.153 e. The van der Waals surface area contributed by atoms with E-state index in [4.69, 9.17) is 0 Å². The van der Waals surface area contributed by atoms with Crippen LogP contribution in [0.4, 0.5) is 0 Å². The van der Waals surface area contributed by atoms with E-state index in [1.165, 1.54) is 50.8 Å². The third-order valence-electron chi connectivity index (χ3n) is 4.82. The van der Waals surface area contributed by atoms with Gasteiger partial charge in [-0.05, 0) is 38.6 Å². The van der Waals surface area contributed by atoms with Gasteiger partial charge in [0, 0.05) is 6.04 Å². The summed E-state index contributed by atoms with van der Waals surface area (Å²) < 4.78 is 2.38. The van der Waals surface area contributed by atoms with E-state index in [1.807, 2.05) is 6.33 Å². The summed E-state index contributed by atoms with van der Waals surface area (Å²) in [7, 11) is 0. The van der Waals surface area contributed by atoms with E-state index in [9.17, 15) is 0 Å². The Morgan fingerprint density at radius 1 is 1.33 bits per heavy atom. The highest BCUT2D eigenvalue weighted by Crippen LogP contribution is 2.36. The first kappa shape index (κ1) is 12.2. The lowest BCUT2D eigenvalue weighted by Gasteiger charge is -2.31. The number of aromatic nitrogens is 3. The predicted molar refractivity (Wildman–Crippen MR) is 71.3 cm³/mol. The third-order valence-corrected chi connectivity index (χ3v) is 4.82. The van der Waals surface area contributed by atoms with Crippen LogP contribution < -0.4 is 5.32 Å². The van der Waals surface area contributed by atoms with Crippen molar-refractivity contribution in [1.82, 2.24) is 20.1 Å². The van der Waals surface area contributed by atoms with Gasteiger partial charge in [0.25, 0.3) is 0 Å². The van der Waals surface area contributed by atoms with Gasteiger partial charge in [0.1, 0.15) is 6.33 Å². The van der Waals surface area contributed by atoms with E-state index in [2.05, 4.69) is 27.0 Å². The first-order valence-electron chi connectivity index (χ1n) is 7.51. The SMILES string of the molecule is CCC1(c2nncn2C2CCCCC2)CCCN1. The van der Waals surface area contributed by atoms with Crippen LogP contribution in [-0.2, 0) is 5.54 Å². The van der Waals surface area contributed by atoms with Gasteiger partial charge < -0.3 is 9.88 Å². The highest BCUT2D eigenvalue weighted by molar-refractivity contribution is 5.10. The monoisotopic (exact) mass is 248 g/mol. The molecule has 0 spiro atoms. The van der Waals surface area contributed by atoms with Gasteiger partial charge in [0.05, 0.1) is 5.54 Å². The van der Waals surface area contributed by atoms with Crippen molar-refractivity contribution < 1.29 is 0 Å². The average molecular weight is 248 g/mol. The van der Waals surface area contributed by atoms with Gasteiger partial charge >= 0.3 is 0 Å². The van der Waals surface area contributed by atoms with Crippen molar-refractivity contribution in [2.45, 2.75) is 69.9 Å². The molecule has 0 aromatic carbocycles. The predicted octanol–water partition coefficient (Wildman–Crippen LogP) is 2.77. The van der Waals surface area contributed by atoms with Crippen LogP contribution in [0.2, 0.25) is 0 Å². The minimum atomic E-state index is 0.0912.